The van der Waals surface area contributed by atoms with Crippen LogP contribution in [-0.2, 0) is 38.8 Å². The summed E-state index contributed by atoms with van der Waals surface area (Å²) >= 11 is 0. The second-order valence-corrected chi connectivity index (χ2v) is 8.47. The Bertz CT molecular complexity index is 902. The van der Waals surface area contributed by atoms with Gasteiger partial charge in [0.25, 0.3) is 0 Å². The molecule has 6 heteroatoms. The summed E-state index contributed by atoms with van der Waals surface area (Å²) in [6.45, 7) is 0.0922. The molecule has 0 N–H and O–H groups in total. The summed E-state index contributed by atoms with van der Waals surface area (Å²) in [7, 11) is -1.93. The van der Waals surface area contributed by atoms with Gasteiger partial charge in [0, 0.05) is 0 Å². The molecule has 0 aromatic heterocycles. The molecule has 138 valence electrons. The van der Waals surface area contributed by atoms with Gasteiger partial charge in [0.05, 0.1) is 24.2 Å². The van der Waals surface area contributed by atoms with Crippen LogP contribution in [0.25, 0.3) is 0 Å². The van der Waals surface area contributed by atoms with Crippen molar-refractivity contribution in [2.45, 2.75) is 37.2 Å². The topological polar surface area (TPSA) is 69.7 Å². The number of carbonyl (C=O) groups excluding carboxylic acids is 1. The molecule has 26 heavy (non-hydrogen) atoms. The number of benzene rings is 2. The van der Waals surface area contributed by atoms with Crippen LogP contribution >= 0.6 is 0 Å². The maximum absolute atomic E-state index is 12.5. The van der Waals surface area contributed by atoms with Crippen LogP contribution < -0.4 is 4.74 Å². The molecular weight excluding hydrogens is 352 g/mol. The van der Waals surface area contributed by atoms with Crippen molar-refractivity contribution >= 4 is 15.8 Å². The van der Waals surface area contributed by atoms with Crippen molar-refractivity contribution in [1.82, 2.24) is 0 Å². The first-order valence-corrected chi connectivity index (χ1v) is 10.3. The molecule has 0 spiro atoms. The van der Waals surface area contributed by atoms with Gasteiger partial charge in [0.1, 0.15) is 12.4 Å². The second kappa shape index (κ2) is 7.91. The molecule has 0 saturated carbocycles. The minimum absolute atomic E-state index is 0.0922. The molecule has 0 unspecified atom stereocenters. The Morgan fingerprint density at radius 3 is 2.69 bits per heavy atom. The van der Waals surface area contributed by atoms with Crippen LogP contribution in [0.15, 0.2) is 47.4 Å². The molecule has 0 amide bonds. The van der Waals surface area contributed by atoms with Crippen LogP contribution in [0.2, 0.25) is 0 Å². The summed E-state index contributed by atoms with van der Waals surface area (Å²) in [5.41, 5.74) is 3.12. The fourth-order valence-electron chi connectivity index (χ4n) is 3.08. The van der Waals surface area contributed by atoms with Crippen molar-refractivity contribution in [3.05, 3.63) is 59.2 Å². The quantitative estimate of drug-likeness (QED) is 0.697. The Morgan fingerprint density at radius 2 is 1.88 bits per heavy atom. The monoisotopic (exact) mass is 374 g/mol. The molecule has 1 aliphatic carbocycles. The predicted octanol–water partition coefficient (Wildman–Crippen LogP) is 3.09. The standard InChI is InChI=1S/C20H22O5S/c1-24-18-7-2-4-15(12-18)14-25-20(21)10-11-26(22,23)19-9-8-16-5-3-6-17(16)13-19/h2,4,7-9,12-13H,3,5-6,10-11,14H2,1H3. The molecule has 0 atom stereocenters. The number of carbonyl (C=O) groups is 1. The number of rotatable bonds is 7. The number of esters is 1. The van der Waals surface area contributed by atoms with E-state index in [0.717, 1.165) is 30.4 Å². The number of hydrogen-bond acceptors (Lipinski definition) is 5. The number of aryl methyl sites for hydroxylation is 2. The molecule has 0 fully saturated rings. The maximum atomic E-state index is 12.5. The van der Waals surface area contributed by atoms with Crippen LogP contribution in [-0.4, -0.2) is 27.2 Å². The van der Waals surface area contributed by atoms with Gasteiger partial charge in [-0.15, -0.1) is 0 Å². The average molecular weight is 374 g/mol. The van der Waals surface area contributed by atoms with E-state index in [0.29, 0.717) is 10.6 Å². The van der Waals surface area contributed by atoms with Crippen LogP contribution in [0.5, 0.6) is 5.75 Å². The van der Waals surface area contributed by atoms with Crippen molar-refractivity contribution in [2.24, 2.45) is 0 Å². The number of hydrogen-bond donors (Lipinski definition) is 0. The first-order valence-electron chi connectivity index (χ1n) is 8.61. The molecule has 2 aromatic carbocycles. The lowest BCUT2D eigenvalue weighted by molar-refractivity contribution is -0.144. The van der Waals surface area contributed by atoms with Crippen LogP contribution in [0.4, 0.5) is 0 Å². The third kappa shape index (κ3) is 4.43. The first kappa shape index (κ1) is 18.5. The fraction of sp³-hybridized carbons (Fsp3) is 0.350. The zero-order valence-corrected chi connectivity index (χ0v) is 15.6. The van der Waals surface area contributed by atoms with Gasteiger partial charge >= 0.3 is 5.97 Å². The SMILES string of the molecule is COc1cccc(COC(=O)CCS(=O)(=O)c2ccc3c(c2)CCC3)c1. The van der Waals surface area contributed by atoms with Gasteiger partial charge in [-0.25, -0.2) is 8.42 Å². The zero-order valence-electron chi connectivity index (χ0n) is 14.7. The van der Waals surface area contributed by atoms with Crippen molar-refractivity contribution in [1.29, 1.82) is 0 Å². The molecule has 0 heterocycles. The highest BCUT2D eigenvalue weighted by Crippen LogP contribution is 2.25. The highest BCUT2D eigenvalue weighted by molar-refractivity contribution is 7.91. The second-order valence-electron chi connectivity index (χ2n) is 6.37. The van der Waals surface area contributed by atoms with E-state index in [4.69, 9.17) is 9.47 Å². The van der Waals surface area contributed by atoms with Gasteiger partial charge in [-0.3, -0.25) is 4.79 Å². The van der Waals surface area contributed by atoms with Crippen molar-refractivity contribution in [3.8, 4) is 5.75 Å². The largest absolute Gasteiger partial charge is 0.497 e. The van der Waals surface area contributed by atoms with E-state index in [-0.39, 0.29) is 18.8 Å². The van der Waals surface area contributed by atoms with E-state index in [9.17, 15) is 13.2 Å². The first-order chi connectivity index (χ1) is 12.5. The predicted molar refractivity (Wildman–Crippen MR) is 97.9 cm³/mol. The lowest BCUT2D eigenvalue weighted by Crippen LogP contribution is -2.14. The summed E-state index contributed by atoms with van der Waals surface area (Å²) < 4.78 is 35.2. The third-order valence-corrected chi connectivity index (χ3v) is 6.25. The van der Waals surface area contributed by atoms with Gasteiger partial charge in [0.15, 0.2) is 9.84 Å². The molecule has 0 radical (unpaired) electrons. The molecule has 2 aromatic rings. The summed E-state index contributed by atoms with van der Waals surface area (Å²) in [6, 6.07) is 12.5. The van der Waals surface area contributed by atoms with Gasteiger partial charge < -0.3 is 9.47 Å². The van der Waals surface area contributed by atoms with Crippen molar-refractivity contribution < 1.29 is 22.7 Å². The van der Waals surface area contributed by atoms with Gasteiger partial charge in [-0.2, -0.15) is 0 Å². The Labute approximate surface area is 153 Å². The minimum atomic E-state index is -3.49. The highest BCUT2D eigenvalue weighted by atomic mass is 32.2. The Hall–Kier alpha value is -2.34. The van der Waals surface area contributed by atoms with E-state index < -0.39 is 15.8 Å². The van der Waals surface area contributed by atoms with Gasteiger partial charge in [0.2, 0.25) is 0 Å². The van der Waals surface area contributed by atoms with E-state index in [1.54, 1.807) is 37.4 Å². The number of sulfone groups is 1. The average Bonchev–Trinajstić information content (AvgIpc) is 3.13. The van der Waals surface area contributed by atoms with E-state index in [1.165, 1.54) is 5.56 Å². The van der Waals surface area contributed by atoms with E-state index >= 15 is 0 Å². The summed E-state index contributed by atoms with van der Waals surface area (Å²) in [4.78, 5) is 12.2. The normalized spacial score (nSPS) is 13.3. The van der Waals surface area contributed by atoms with Gasteiger partial charge in [-0.1, -0.05) is 18.2 Å². The van der Waals surface area contributed by atoms with E-state index in [1.807, 2.05) is 12.1 Å². The van der Waals surface area contributed by atoms with Crippen molar-refractivity contribution in [2.75, 3.05) is 12.9 Å². The van der Waals surface area contributed by atoms with Crippen molar-refractivity contribution in [3.63, 3.8) is 0 Å². The molecule has 1 aliphatic rings. The zero-order chi connectivity index (χ0) is 18.6. The number of ether oxygens (including phenoxy) is 2. The van der Waals surface area contributed by atoms with Crippen LogP contribution in [0.1, 0.15) is 29.5 Å². The molecule has 0 aliphatic heterocycles. The summed E-state index contributed by atoms with van der Waals surface area (Å²) in [6.07, 6.45) is 2.83. The third-order valence-electron chi connectivity index (χ3n) is 4.54. The molecule has 0 saturated heterocycles. The number of methoxy groups -OCH3 is 1. The smallest absolute Gasteiger partial charge is 0.307 e. The van der Waals surface area contributed by atoms with Crippen LogP contribution in [0, 0.1) is 0 Å². The van der Waals surface area contributed by atoms with E-state index in [2.05, 4.69) is 0 Å². The summed E-state index contributed by atoms with van der Waals surface area (Å²) in [5.74, 6) is -0.0989. The Kier molecular flexibility index (Phi) is 5.61. The Balaban J connectivity index is 1.54. The molecule has 3 rings (SSSR count). The van der Waals surface area contributed by atoms with Gasteiger partial charge in [-0.05, 0) is 60.2 Å². The Morgan fingerprint density at radius 1 is 1.08 bits per heavy atom. The highest BCUT2D eigenvalue weighted by Gasteiger charge is 2.20. The lowest BCUT2D eigenvalue weighted by Gasteiger charge is -2.08. The number of fused-ring (bicyclic) bond motifs is 1. The molecule has 5 nitrogen and oxygen atoms in total. The van der Waals surface area contributed by atoms with Crippen LogP contribution in [0.3, 0.4) is 0 Å². The molecular formula is C20H22O5S. The molecule has 0 bridgehead atoms. The fourth-order valence-corrected chi connectivity index (χ4v) is 4.34. The lowest BCUT2D eigenvalue weighted by atomic mass is 10.1. The minimum Gasteiger partial charge on any atom is -0.497 e. The summed E-state index contributed by atoms with van der Waals surface area (Å²) in [5, 5.41) is 0. The maximum Gasteiger partial charge on any atom is 0.307 e.